The molecule has 0 amide bonds. The second-order valence-electron chi connectivity index (χ2n) is 24.3. The van der Waals surface area contributed by atoms with Gasteiger partial charge in [-0.3, -0.25) is 33.9 Å². The van der Waals surface area contributed by atoms with Crippen LogP contribution in [0.1, 0.15) is 218 Å². The molecule has 0 aliphatic carbocycles. The van der Waals surface area contributed by atoms with E-state index in [4.69, 9.17) is 10.2 Å². The molecule has 3 fully saturated rings. The van der Waals surface area contributed by atoms with Crippen LogP contribution in [0.25, 0.3) is 0 Å². The van der Waals surface area contributed by atoms with E-state index in [-0.39, 0.29) is 63.8 Å². The van der Waals surface area contributed by atoms with E-state index in [9.17, 15) is 29.4 Å². The molecule has 1 unspecified atom stereocenters. The molecule has 3 heterocycles. The predicted molar refractivity (Wildman–Crippen MR) is 252 cm³/mol. The van der Waals surface area contributed by atoms with Crippen molar-refractivity contribution in [3.8, 4) is 0 Å². The van der Waals surface area contributed by atoms with E-state index in [0.29, 0.717) is 25.7 Å². The molecule has 3 aliphatic rings. The van der Waals surface area contributed by atoms with Crippen LogP contribution in [0.15, 0.2) is 0 Å². The van der Waals surface area contributed by atoms with Crippen LogP contribution in [0, 0.1) is 28.6 Å². The number of nitrogens with zero attached hydrogens (tertiary/aromatic N) is 3. The Kier molecular flexibility index (Phi) is 19.3. The Bertz CT molecular complexity index is 1410. The number of likely N-dealkylation sites (tertiary alicyclic amines) is 3. The fourth-order valence-electron chi connectivity index (χ4n) is 12.5. The molecule has 3 saturated heterocycles. The second-order valence-corrected chi connectivity index (χ2v) is 24.3. The van der Waals surface area contributed by atoms with E-state index in [1.807, 2.05) is 6.92 Å². The molecule has 0 aromatic heterocycles. The van der Waals surface area contributed by atoms with Crippen molar-refractivity contribution in [3.05, 3.63) is 0 Å². The summed E-state index contributed by atoms with van der Waals surface area (Å²) >= 11 is 0. The van der Waals surface area contributed by atoms with Gasteiger partial charge in [0.05, 0.1) is 10.8 Å². The van der Waals surface area contributed by atoms with Gasteiger partial charge in [0, 0.05) is 46.1 Å². The Morgan fingerprint density at radius 3 is 0.952 bits per heavy atom. The molecule has 0 spiro atoms. The van der Waals surface area contributed by atoms with Gasteiger partial charge < -0.3 is 20.4 Å². The highest BCUT2D eigenvalue weighted by molar-refractivity contribution is 5.76. The lowest BCUT2D eigenvalue weighted by molar-refractivity contribution is -0.176. The van der Waals surface area contributed by atoms with Gasteiger partial charge in [0.1, 0.15) is 0 Å². The Balaban J connectivity index is 0.000000451. The first-order valence-electron chi connectivity index (χ1n) is 24.2. The number of aliphatic carboxylic acids is 4. The summed E-state index contributed by atoms with van der Waals surface area (Å²) in [4.78, 5) is 54.4. The Morgan fingerprint density at radius 1 is 0.419 bits per heavy atom. The maximum Gasteiger partial charge on any atom is 0.310 e. The van der Waals surface area contributed by atoms with Crippen LogP contribution in [0.2, 0.25) is 0 Å². The zero-order chi connectivity index (χ0) is 47.9. The summed E-state index contributed by atoms with van der Waals surface area (Å²) in [6.45, 7) is 29.0. The third-order valence-corrected chi connectivity index (χ3v) is 17.2. The van der Waals surface area contributed by atoms with Crippen LogP contribution in [0.4, 0.5) is 0 Å². The van der Waals surface area contributed by atoms with Gasteiger partial charge in [-0.1, -0.05) is 51.4 Å². The first kappa shape index (κ1) is 55.9. The minimum absolute atomic E-state index is 0.0139. The van der Waals surface area contributed by atoms with E-state index < -0.39 is 34.7 Å². The topological polar surface area (TPSA) is 159 Å². The average Bonchev–Trinajstić information content (AvgIpc) is 3.11. The van der Waals surface area contributed by atoms with E-state index in [1.165, 1.54) is 0 Å². The van der Waals surface area contributed by atoms with Crippen LogP contribution in [0.5, 0.6) is 0 Å². The summed E-state index contributed by atoms with van der Waals surface area (Å²) in [7, 11) is 6.53. The maximum atomic E-state index is 13.6. The number of hydrogen-bond donors (Lipinski definition) is 4. The quantitative estimate of drug-likeness (QED) is 0.0813. The number of carbonyl (C=O) groups is 4. The molecule has 0 bridgehead atoms. The summed E-state index contributed by atoms with van der Waals surface area (Å²) < 4.78 is 0. The fourth-order valence-corrected chi connectivity index (χ4v) is 12.5. The van der Waals surface area contributed by atoms with Crippen LogP contribution < -0.4 is 0 Å². The van der Waals surface area contributed by atoms with E-state index in [1.54, 1.807) is 0 Å². The molecule has 62 heavy (non-hydrogen) atoms. The summed E-state index contributed by atoms with van der Waals surface area (Å²) in [5.74, 6) is -2.37. The lowest BCUT2D eigenvalue weighted by atomic mass is 9.52. The molecule has 3 rings (SSSR count). The minimum atomic E-state index is -0.757. The van der Waals surface area contributed by atoms with Crippen molar-refractivity contribution in [1.82, 2.24) is 14.7 Å². The first-order chi connectivity index (χ1) is 28.1. The Hall–Kier alpha value is -2.24. The van der Waals surface area contributed by atoms with Gasteiger partial charge in [0.25, 0.3) is 0 Å². The van der Waals surface area contributed by atoms with Crippen molar-refractivity contribution in [2.75, 3.05) is 21.1 Å². The summed E-state index contributed by atoms with van der Waals surface area (Å²) in [5, 5.41) is 38.7. The smallest absolute Gasteiger partial charge is 0.310 e. The molecule has 0 radical (unpaired) electrons. The fraction of sp³-hybridized carbons (Fsp3) is 0.922. The molecule has 362 valence electrons. The van der Waals surface area contributed by atoms with E-state index in [0.717, 1.165) is 89.9 Å². The van der Waals surface area contributed by atoms with Crippen molar-refractivity contribution >= 4 is 23.9 Å². The molecule has 0 aromatic carbocycles. The zero-order valence-corrected chi connectivity index (χ0v) is 42.6. The van der Waals surface area contributed by atoms with Gasteiger partial charge in [-0.05, 0) is 193 Å². The van der Waals surface area contributed by atoms with Crippen LogP contribution >= 0.6 is 0 Å². The monoisotopic (exact) mass is 878 g/mol. The Labute approximate surface area is 378 Å². The molecule has 3 aliphatic heterocycles. The van der Waals surface area contributed by atoms with Crippen molar-refractivity contribution in [2.45, 2.75) is 252 Å². The minimum Gasteiger partial charge on any atom is -0.481 e. The lowest BCUT2D eigenvalue weighted by Crippen LogP contribution is -2.65. The lowest BCUT2D eigenvalue weighted by Gasteiger charge is -2.61. The van der Waals surface area contributed by atoms with Gasteiger partial charge in [0.15, 0.2) is 0 Å². The molecule has 1 atom stereocenters. The summed E-state index contributed by atoms with van der Waals surface area (Å²) in [6, 6.07) is 0. The van der Waals surface area contributed by atoms with Crippen LogP contribution in [-0.4, -0.2) is 113 Å². The normalized spacial score (nSPS) is 24.1. The number of hydrogen-bond acceptors (Lipinski definition) is 7. The largest absolute Gasteiger partial charge is 0.481 e. The highest BCUT2D eigenvalue weighted by Gasteiger charge is 2.60. The predicted octanol–water partition coefficient (Wildman–Crippen LogP) is 11.5. The molecule has 0 aromatic rings. The highest BCUT2D eigenvalue weighted by Crippen LogP contribution is 2.58. The zero-order valence-electron chi connectivity index (χ0n) is 42.6. The SMILES string of the molecule is CN1C(C)(C)CC(C(C)(CCCCCCCC(=O)O)C(=O)O)CC1(C)C.CN1C(C)(C)CC(C(CCCCCCCC(=O)O)(C(=O)O)C2CC(C)(C)N(C)C(C)(C)C2)CC1(C)C. The van der Waals surface area contributed by atoms with Gasteiger partial charge >= 0.3 is 23.9 Å². The first-order valence-corrected chi connectivity index (χ1v) is 24.2. The number of carboxylic acids is 4. The maximum absolute atomic E-state index is 13.6. The van der Waals surface area contributed by atoms with Crippen molar-refractivity contribution in [3.63, 3.8) is 0 Å². The number of rotatable bonds is 21. The van der Waals surface area contributed by atoms with Gasteiger partial charge in [0.2, 0.25) is 0 Å². The van der Waals surface area contributed by atoms with Crippen LogP contribution in [0.3, 0.4) is 0 Å². The number of piperidine rings is 3. The summed E-state index contributed by atoms with van der Waals surface area (Å²) in [5.41, 5.74) is -1.76. The average molecular weight is 878 g/mol. The molecular weight excluding hydrogens is 783 g/mol. The number of unbranched alkanes of at least 4 members (excludes halogenated alkanes) is 8. The van der Waals surface area contributed by atoms with Gasteiger partial charge in [-0.25, -0.2) is 0 Å². The summed E-state index contributed by atoms with van der Waals surface area (Å²) in [6.07, 6.45) is 16.1. The highest BCUT2D eigenvalue weighted by atomic mass is 16.4. The molecule has 4 N–H and O–H groups in total. The van der Waals surface area contributed by atoms with E-state index >= 15 is 0 Å². The van der Waals surface area contributed by atoms with Crippen molar-refractivity contribution in [2.24, 2.45) is 28.6 Å². The molecular formula is C51H95N3O8. The van der Waals surface area contributed by atoms with Crippen LogP contribution in [-0.2, 0) is 19.2 Å². The standard InChI is InChI=1S/C30H56N2O4.C21H39NO4/c1-26(2)18-22(19-27(3,4)31(26)9)30(25(35)36,17-15-13-11-12-14-16-24(33)34)23-20-28(5,6)32(10)29(7,8)21-23;1-19(2)14-16(15-20(3,4)22(19)6)21(5,18(25)26)13-11-9-7-8-10-12-17(23)24/h22-23H,11-21H2,1-10H3,(H,33,34)(H,35,36);16H,7-15H2,1-6H3,(H,23,24)(H,25,26). The molecule has 11 heteroatoms. The third-order valence-electron chi connectivity index (χ3n) is 17.2. The van der Waals surface area contributed by atoms with E-state index in [2.05, 4.69) is 119 Å². The van der Waals surface area contributed by atoms with Gasteiger partial charge in [-0.15, -0.1) is 0 Å². The number of carboxylic acid groups (broad SMARTS) is 4. The second kappa shape index (κ2) is 21.4. The van der Waals surface area contributed by atoms with Gasteiger partial charge in [-0.2, -0.15) is 0 Å². The molecule has 11 nitrogen and oxygen atoms in total. The van der Waals surface area contributed by atoms with Crippen molar-refractivity contribution < 1.29 is 39.6 Å². The Morgan fingerprint density at radius 2 is 0.677 bits per heavy atom. The molecule has 0 saturated carbocycles. The van der Waals surface area contributed by atoms with Crippen molar-refractivity contribution in [1.29, 1.82) is 0 Å². The third kappa shape index (κ3) is 13.9.